The fourth-order valence-corrected chi connectivity index (χ4v) is 3.56. The summed E-state index contributed by atoms with van der Waals surface area (Å²) >= 11 is 0.789. The van der Waals surface area contributed by atoms with Gasteiger partial charge in [0.15, 0.2) is 5.69 Å². The van der Waals surface area contributed by atoms with Crippen molar-refractivity contribution in [1.29, 1.82) is 0 Å². The highest BCUT2D eigenvalue weighted by Crippen LogP contribution is 2.30. The molecule has 0 aliphatic heterocycles. The molecule has 5 N–H and O–H groups in total. The van der Waals surface area contributed by atoms with Gasteiger partial charge >= 0.3 is 0 Å². The number of nitrogen functional groups attached to an aromatic ring is 1. The monoisotopic (exact) mass is 417 g/mol. The lowest BCUT2D eigenvalue weighted by molar-refractivity contribution is -0.123. The molecule has 0 saturated carbocycles. The molecule has 0 unspecified atom stereocenters. The van der Waals surface area contributed by atoms with Gasteiger partial charge in [0.05, 0.1) is 5.69 Å². The van der Waals surface area contributed by atoms with Crippen LogP contribution in [0.4, 0.5) is 11.4 Å². The van der Waals surface area contributed by atoms with Gasteiger partial charge < -0.3 is 16.8 Å². The van der Waals surface area contributed by atoms with Crippen molar-refractivity contribution in [3.05, 3.63) is 39.9 Å². The maximum Gasteiger partial charge on any atom is 0.272 e. The van der Waals surface area contributed by atoms with E-state index in [2.05, 4.69) is 9.69 Å². The number of carbonyl (C=O) groups is 3. The van der Waals surface area contributed by atoms with Gasteiger partial charge in [0.1, 0.15) is 10.9 Å². The van der Waals surface area contributed by atoms with Gasteiger partial charge in [0, 0.05) is 11.2 Å². The van der Waals surface area contributed by atoms with Crippen molar-refractivity contribution in [3.8, 4) is 0 Å². The largest absolute Gasteiger partial charge is 0.395 e. The second kappa shape index (κ2) is 8.20. The van der Waals surface area contributed by atoms with Crippen LogP contribution in [0.2, 0.25) is 0 Å². The number of benzene rings is 1. The van der Waals surface area contributed by atoms with Gasteiger partial charge in [-0.25, -0.2) is 0 Å². The first-order valence-corrected chi connectivity index (χ1v) is 9.89. The highest BCUT2D eigenvalue weighted by atomic mass is 32.1. The van der Waals surface area contributed by atoms with Crippen molar-refractivity contribution in [1.82, 2.24) is 9.69 Å². The standard InChI is InChI=1S/C20H27N5O3S/c1-10-8-7-9-13(11(10)2)25(12(3)18(27)23-20(4,5)6)19(28)16-14(21)15(17(22)26)24-29-16/h7-9,12H,21H2,1-6H3,(H2,22,26)(H,23,27)/t12-/m1/s1. The van der Waals surface area contributed by atoms with Gasteiger partial charge in [-0.3, -0.25) is 19.3 Å². The number of nitrogens with two attached hydrogens (primary N) is 2. The molecule has 2 rings (SSSR count). The zero-order valence-corrected chi connectivity index (χ0v) is 18.3. The van der Waals surface area contributed by atoms with Crippen molar-refractivity contribution < 1.29 is 14.4 Å². The molecule has 1 aromatic carbocycles. The third kappa shape index (κ3) is 4.73. The summed E-state index contributed by atoms with van der Waals surface area (Å²) in [6.07, 6.45) is 0. The van der Waals surface area contributed by atoms with Crippen LogP contribution in [0.25, 0.3) is 0 Å². The Balaban J connectivity index is 2.58. The van der Waals surface area contributed by atoms with Crippen LogP contribution in [0.1, 0.15) is 59.0 Å². The molecule has 156 valence electrons. The molecule has 9 heteroatoms. The molecule has 8 nitrogen and oxygen atoms in total. The van der Waals surface area contributed by atoms with E-state index in [4.69, 9.17) is 11.5 Å². The van der Waals surface area contributed by atoms with Gasteiger partial charge in [-0.05, 0) is 70.3 Å². The number of hydrogen-bond donors (Lipinski definition) is 3. The van der Waals surface area contributed by atoms with Crippen molar-refractivity contribution in [3.63, 3.8) is 0 Å². The molecule has 2 aromatic rings. The number of hydrogen-bond acceptors (Lipinski definition) is 6. The molecule has 3 amide bonds. The lowest BCUT2D eigenvalue weighted by atomic mass is 10.0. The number of nitrogens with one attached hydrogen (secondary N) is 1. The summed E-state index contributed by atoms with van der Waals surface area (Å²) in [5.74, 6) is -1.64. The van der Waals surface area contributed by atoms with Gasteiger partial charge in [-0.15, -0.1) is 0 Å². The van der Waals surface area contributed by atoms with Crippen LogP contribution in [-0.4, -0.2) is 33.7 Å². The Morgan fingerprint density at radius 2 is 1.83 bits per heavy atom. The number of carbonyl (C=O) groups excluding carboxylic acids is 3. The summed E-state index contributed by atoms with van der Waals surface area (Å²) < 4.78 is 3.91. The van der Waals surface area contributed by atoms with Crippen LogP contribution >= 0.6 is 11.5 Å². The quantitative estimate of drug-likeness (QED) is 0.687. The molecule has 0 spiro atoms. The van der Waals surface area contributed by atoms with Gasteiger partial charge in [-0.2, -0.15) is 4.37 Å². The molecule has 0 saturated heterocycles. The van der Waals surface area contributed by atoms with E-state index < -0.39 is 23.4 Å². The third-order valence-electron chi connectivity index (χ3n) is 4.47. The number of aryl methyl sites for hydroxylation is 1. The Morgan fingerprint density at radius 1 is 1.21 bits per heavy atom. The van der Waals surface area contributed by atoms with Gasteiger partial charge in [-0.1, -0.05) is 12.1 Å². The smallest absolute Gasteiger partial charge is 0.272 e. The zero-order chi connectivity index (χ0) is 22.1. The number of aromatic nitrogens is 1. The van der Waals surface area contributed by atoms with Crippen LogP contribution in [0, 0.1) is 13.8 Å². The fourth-order valence-electron chi connectivity index (χ4n) is 2.82. The van der Waals surface area contributed by atoms with Gasteiger partial charge in [0.25, 0.3) is 11.8 Å². The second-order valence-electron chi connectivity index (χ2n) is 7.95. The molecular weight excluding hydrogens is 390 g/mol. The minimum Gasteiger partial charge on any atom is -0.395 e. The highest BCUT2D eigenvalue weighted by molar-refractivity contribution is 7.09. The maximum absolute atomic E-state index is 13.5. The first kappa shape index (κ1) is 22.4. The Hall–Kier alpha value is -2.94. The summed E-state index contributed by atoms with van der Waals surface area (Å²) in [7, 11) is 0. The van der Waals surface area contributed by atoms with E-state index in [1.54, 1.807) is 13.0 Å². The summed E-state index contributed by atoms with van der Waals surface area (Å²) in [6, 6.07) is 4.68. The summed E-state index contributed by atoms with van der Waals surface area (Å²) in [5, 5.41) is 2.90. The van der Waals surface area contributed by atoms with E-state index in [-0.39, 0.29) is 22.2 Å². The first-order valence-electron chi connectivity index (χ1n) is 9.12. The van der Waals surface area contributed by atoms with Crippen molar-refractivity contribution in [2.24, 2.45) is 5.73 Å². The molecule has 0 bridgehead atoms. The normalized spacial score (nSPS) is 12.3. The molecule has 1 aromatic heterocycles. The minimum absolute atomic E-state index is 0.0649. The SMILES string of the molecule is Cc1cccc(N(C(=O)c2snc(C(N)=O)c2N)[C@H](C)C(=O)NC(C)(C)C)c1C. The average Bonchev–Trinajstić information content (AvgIpc) is 2.98. The van der Waals surface area contributed by atoms with Crippen LogP contribution in [0.3, 0.4) is 0 Å². The molecule has 0 aliphatic rings. The van der Waals surface area contributed by atoms with E-state index in [0.29, 0.717) is 5.69 Å². The number of amides is 3. The summed E-state index contributed by atoms with van der Waals surface area (Å²) in [6.45, 7) is 11.0. The molecule has 29 heavy (non-hydrogen) atoms. The zero-order valence-electron chi connectivity index (χ0n) is 17.5. The first-order chi connectivity index (χ1) is 13.3. The maximum atomic E-state index is 13.5. The lowest BCUT2D eigenvalue weighted by Crippen LogP contribution is -2.53. The number of primary amides is 1. The molecular formula is C20H27N5O3S. The van der Waals surface area contributed by atoms with Crippen molar-refractivity contribution in [2.75, 3.05) is 10.6 Å². The molecule has 0 fully saturated rings. The second-order valence-corrected chi connectivity index (χ2v) is 8.72. The lowest BCUT2D eigenvalue weighted by Gasteiger charge is -2.32. The van der Waals surface area contributed by atoms with E-state index in [0.717, 1.165) is 22.7 Å². The Bertz CT molecular complexity index is 962. The Morgan fingerprint density at radius 3 is 2.34 bits per heavy atom. The summed E-state index contributed by atoms with van der Waals surface area (Å²) in [4.78, 5) is 39.3. The van der Waals surface area contributed by atoms with E-state index in [1.165, 1.54) is 4.90 Å². The average molecular weight is 418 g/mol. The number of nitrogens with zero attached hydrogens (tertiary/aromatic N) is 2. The molecule has 1 atom stereocenters. The minimum atomic E-state index is -0.833. The topological polar surface area (TPSA) is 131 Å². The van der Waals surface area contributed by atoms with Crippen LogP contribution < -0.4 is 21.7 Å². The van der Waals surface area contributed by atoms with E-state index in [9.17, 15) is 14.4 Å². The van der Waals surface area contributed by atoms with Crippen LogP contribution in [-0.2, 0) is 4.79 Å². The van der Waals surface area contributed by atoms with Crippen LogP contribution in [0.5, 0.6) is 0 Å². The molecule has 0 radical (unpaired) electrons. The van der Waals surface area contributed by atoms with E-state index >= 15 is 0 Å². The van der Waals surface area contributed by atoms with Crippen molar-refractivity contribution >= 4 is 40.6 Å². The van der Waals surface area contributed by atoms with Crippen molar-refractivity contribution in [2.45, 2.75) is 53.1 Å². The molecule has 1 heterocycles. The third-order valence-corrected chi connectivity index (χ3v) is 5.33. The van der Waals surface area contributed by atoms with Gasteiger partial charge in [0.2, 0.25) is 5.91 Å². The van der Waals surface area contributed by atoms with E-state index in [1.807, 2.05) is 46.8 Å². The number of anilines is 2. The fraction of sp³-hybridized carbons (Fsp3) is 0.400. The highest BCUT2D eigenvalue weighted by Gasteiger charge is 2.34. The number of rotatable bonds is 5. The van der Waals surface area contributed by atoms with Crippen LogP contribution in [0.15, 0.2) is 18.2 Å². The predicted octanol–water partition coefficient (Wildman–Crippen LogP) is 2.39. The predicted molar refractivity (Wildman–Crippen MR) is 115 cm³/mol. The Labute approximate surface area is 174 Å². The summed E-state index contributed by atoms with van der Waals surface area (Å²) in [5.41, 5.74) is 13.0. The Kier molecular flexibility index (Phi) is 6.32. The molecule has 0 aliphatic carbocycles.